The van der Waals surface area contributed by atoms with Crippen LogP contribution >= 0.6 is 0 Å². The SMILES string of the molecule is CCCCCCCC/C=C\CCCCCCCCOC(=O)OO[C@H]1CC[C@@]2(C)C(=CC[C@H]3[C@@H]4CC[C@H]([C@H](C)CCCC(C)C)[C@@]4(C)CC[C@@H]32)C1. The second kappa shape index (κ2) is 21.4. The highest BCUT2D eigenvalue weighted by molar-refractivity contribution is 5.58. The van der Waals surface area contributed by atoms with E-state index in [1.54, 1.807) is 5.57 Å². The Balaban J connectivity index is 1.06. The molecule has 0 unspecified atom stereocenters. The van der Waals surface area contributed by atoms with Crippen molar-refractivity contribution in [2.24, 2.45) is 46.3 Å². The Bertz CT molecular complexity index is 1030. The van der Waals surface area contributed by atoms with Crippen molar-refractivity contribution in [3.63, 3.8) is 0 Å². The van der Waals surface area contributed by atoms with Gasteiger partial charge in [0.05, 0.1) is 6.61 Å². The Morgan fingerprint density at radius 2 is 1.48 bits per heavy atom. The number of rotatable bonds is 23. The summed E-state index contributed by atoms with van der Waals surface area (Å²) in [5.74, 6) is 5.09. The van der Waals surface area contributed by atoms with Gasteiger partial charge in [0, 0.05) is 0 Å². The van der Waals surface area contributed by atoms with Crippen LogP contribution in [0, 0.1) is 46.3 Å². The van der Waals surface area contributed by atoms with Crippen LogP contribution in [0.2, 0.25) is 0 Å². The molecule has 4 heteroatoms. The van der Waals surface area contributed by atoms with Crippen LogP contribution in [0.4, 0.5) is 4.79 Å². The van der Waals surface area contributed by atoms with Gasteiger partial charge in [0.15, 0.2) is 0 Å². The van der Waals surface area contributed by atoms with Crippen LogP contribution in [0.15, 0.2) is 23.8 Å². The number of hydrogen-bond acceptors (Lipinski definition) is 4. The van der Waals surface area contributed by atoms with Crippen molar-refractivity contribution in [3.05, 3.63) is 23.8 Å². The summed E-state index contributed by atoms with van der Waals surface area (Å²) in [7, 11) is 0. The first-order chi connectivity index (χ1) is 24.2. The van der Waals surface area contributed by atoms with Gasteiger partial charge in [0.2, 0.25) is 0 Å². The van der Waals surface area contributed by atoms with Gasteiger partial charge in [0.25, 0.3) is 0 Å². The summed E-state index contributed by atoms with van der Waals surface area (Å²) in [5.41, 5.74) is 2.37. The Morgan fingerprint density at radius 3 is 2.18 bits per heavy atom. The van der Waals surface area contributed by atoms with E-state index in [0.717, 1.165) is 67.6 Å². The first-order valence-electron chi connectivity index (χ1n) is 22.0. The Kier molecular flexibility index (Phi) is 17.8. The van der Waals surface area contributed by atoms with Crippen LogP contribution in [0.5, 0.6) is 0 Å². The lowest BCUT2D eigenvalue weighted by Gasteiger charge is -2.58. The second-order valence-electron chi connectivity index (χ2n) is 18.4. The van der Waals surface area contributed by atoms with Crippen LogP contribution < -0.4 is 0 Å². The first-order valence-corrected chi connectivity index (χ1v) is 22.0. The summed E-state index contributed by atoms with van der Waals surface area (Å²) in [4.78, 5) is 23.2. The van der Waals surface area contributed by atoms with Gasteiger partial charge in [-0.05, 0) is 130 Å². The van der Waals surface area contributed by atoms with Gasteiger partial charge in [0.1, 0.15) is 6.10 Å². The quantitative estimate of drug-likeness (QED) is 0.0351. The van der Waals surface area contributed by atoms with Crippen LogP contribution in [-0.4, -0.2) is 18.9 Å². The third-order valence-electron chi connectivity index (χ3n) is 14.4. The summed E-state index contributed by atoms with van der Waals surface area (Å²) >= 11 is 0. The molecule has 0 heterocycles. The summed E-state index contributed by atoms with van der Waals surface area (Å²) in [6, 6.07) is 0. The van der Waals surface area contributed by atoms with Gasteiger partial charge in [-0.15, -0.1) is 0 Å². The number of hydrogen-bond donors (Lipinski definition) is 0. The molecule has 0 bridgehead atoms. The Labute approximate surface area is 309 Å². The summed E-state index contributed by atoms with van der Waals surface area (Å²) in [6.07, 6.45) is 38.4. The number of fused-ring (bicyclic) bond motifs is 5. The molecule has 0 radical (unpaired) electrons. The molecule has 288 valence electrons. The molecule has 4 rings (SSSR count). The van der Waals surface area contributed by atoms with Crippen molar-refractivity contribution in [1.82, 2.24) is 0 Å². The molecular formula is C46H80O4. The van der Waals surface area contributed by atoms with Gasteiger partial charge in [-0.25, -0.2) is 4.79 Å². The zero-order valence-corrected chi connectivity index (χ0v) is 33.8. The van der Waals surface area contributed by atoms with Gasteiger partial charge in [-0.2, -0.15) is 4.89 Å². The van der Waals surface area contributed by atoms with Crippen molar-refractivity contribution in [3.8, 4) is 0 Å². The zero-order valence-electron chi connectivity index (χ0n) is 33.8. The fraction of sp³-hybridized carbons (Fsp3) is 0.891. The topological polar surface area (TPSA) is 44.8 Å². The van der Waals surface area contributed by atoms with Crippen molar-refractivity contribution in [2.45, 2.75) is 208 Å². The maximum atomic E-state index is 12.3. The molecule has 0 saturated heterocycles. The molecule has 0 N–H and O–H groups in total. The molecule has 8 atom stereocenters. The highest BCUT2D eigenvalue weighted by atomic mass is 17.2. The molecule has 3 fully saturated rings. The van der Waals surface area contributed by atoms with Crippen molar-refractivity contribution < 1.29 is 19.3 Å². The average molecular weight is 697 g/mol. The van der Waals surface area contributed by atoms with Crippen molar-refractivity contribution in [2.75, 3.05) is 6.61 Å². The first kappa shape index (κ1) is 41.5. The predicted octanol–water partition coefficient (Wildman–Crippen LogP) is 14.5. The molecule has 4 nitrogen and oxygen atoms in total. The molecule has 3 saturated carbocycles. The minimum absolute atomic E-state index is 0.0553. The lowest BCUT2D eigenvalue weighted by atomic mass is 9.47. The summed E-state index contributed by atoms with van der Waals surface area (Å²) < 4.78 is 5.35. The zero-order chi connectivity index (χ0) is 35.8. The van der Waals surface area contributed by atoms with Crippen molar-refractivity contribution >= 4 is 6.16 Å². The number of allylic oxidation sites excluding steroid dienone is 3. The highest BCUT2D eigenvalue weighted by Gasteiger charge is 2.59. The normalized spacial score (nSPS) is 31.3. The van der Waals surface area contributed by atoms with Crippen molar-refractivity contribution in [1.29, 1.82) is 0 Å². The van der Waals surface area contributed by atoms with Crippen LogP contribution in [0.1, 0.15) is 202 Å². The third kappa shape index (κ3) is 11.9. The van der Waals surface area contributed by atoms with E-state index < -0.39 is 6.16 Å². The molecule has 4 aliphatic carbocycles. The second-order valence-corrected chi connectivity index (χ2v) is 18.4. The monoisotopic (exact) mass is 697 g/mol. The van der Waals surface area contributed by atoms with Crippen LogP contribution in [0.3, 0.4) is 0 Å². The van der Waals surface area contributed by atoms with Crippen LogP contribution in [-0.2, 0) is 14.5 Å². The third-order valence-corrected chi connectivity index (χ3v) is 14.4. The lowest BCUT2D eigenvalue weighted by molar-refractivity contribution is -0.291. The molecule has 4 aliphatic rings. The van der Waals surface area contributed by atoms with E-state index in [1.165, 1.54) is 128 Å². The fourth-order valence-corrected chi connectivity index (χ4v) is 11.4. The highest BCUT2D eigenvalue weighted by Crippen LogP contribution is 2.67. The largest absolute Gasteiger partial charge is 0.540 e. The van der Waals surface area contributed by atoms with E-state index in [4.69, 9.17) is 14.5 Å². The number of carbonyl (C=O) groups is 1. The van der Waals surface area contributed by atoms with E-state index in [2.05, 4.69) is 59.8 Å². The van der Waals surface area contributed by atoms with Gasteiger partial charge >= 0.3 is 6.16 Å². The average Bonchev–Trinajstić information content (AvgIpc) is 3.45. The predicted molar refractivity (Wildman–Crippen MR) is 210 cm³/mol. The molecule has 0 amide bonds. The number of ether oxygens (including phenoxy) is 1. The number of carbonyl (C=O) groups excluding carboxylic acids is 1. The Hall–Kier alpha value is -1.29. The summed E-state index contributed by atoms with van der Waals surface area (Å²) in [5, 5.41) is 0. The fourth-order valence-electron chi connectivity index (χ4n) is 11.4. The van der Waals surface area contributed by atoms with Gasteiger partial charge in [-0.3, -0.25) is 4.89 Å². The minimum atomic E-state index is -0.676. The van der Waals surface area contributed by atoms with E-state index in [1.807, 2.05) is 0 Å². The number of unbranched alkanes of at least 4 members (excludes halogenated alkanes) is 12. The minimum Gasteiger partial charge on any atom is -0.432 e. The standard InChI is InChI=1S/C46H80O4/c1-7-8-9-10-11-12-13-14-15-16-17-18-19-20-21-22-34-48-44(47)50-49-39-30-32-45(5)38(35-39)26-27-40-42-29-28-41(37(4)25-23-24-36(2)3)46(42,6)33-31-43(40)45/h14-15,26,36-37,39-43H,7-13,16-25,27-35H2,1-6H3/b15-14-/t37-,39+,40+,41-,42+,43+,45+,46-/m1/s1. The van der Waals surface area contributed by atoms with E-state index in [9.17, 15) is 4.79 Å². The smallest absolute Gasteiger partial charge is 0.432 e. The van der Waals surface area contributed by atoms with E-state index >= 15 is 0 Å². The van der Waals surface area contributed by atoms with E-state index in [0.29, 0.717) is 12.0 Å². The maximum absolute atomic E-state index is 12.3. The molecule has 0 aromatic heterocycles. The molecule has 0 aromatic carbocycles. The van der Waals surface area contributed by atoms with E-state index in [-0.39, 0.29) is 11.5 Å². The van der Waals surface area contributed by atoms with Crippen LogP contribution in [0.25, 0.3) is 0 Å². The maximum Gasteiger partial charge on any atom is 0.540 e. The molecule has 0 aromatic rings. The summed E-state index contributed by atoms with van der Waals surface area (Å²) in [6.45, 7) is 15.2. The van der Waals surface area contributed by atoms with Gasteiger partial charge in [-0.1, -0.05) is 142 Å². The molecular weight excluding hydrogens is 617 g/mol. The lowest BCUT2D eigenvalue weighted by Crippen LogP contribution is -2.51. The molecule has 0 spiro atoms. The molecule has 0 aliphatic heterocycles. The Morgan fingerprint density at radius 1 is 0.800 bits per heavy atom. The van der Waals surface area contributed by atoms with Gasteiger partial charge < -0.3 is 4.74 Å². The molecule has 50 heavy (non-hydrogen) atoms.